The van der Waals surface area contributed by atoms with E-state index in [1.165, 1.54) is 0 Å². The van der Waals surface area contributed by atoms with E-state index in [-0.39, 0.29) is 5.91 Å². The van der Waals surface area contributed by atoms with Crippen LogP contribution in [0.1, 0.15) is 18.4 Å². The highest BCUT2D eigenvalue weighted by molar-refractivity contribution is 5.86. The minimum atomic E-state index is -0.807. The van der Waals surface area contributed by atoms with Gasteiger partial charge in [0.1, 0.15) is 12.4 Å². The maximum atomic E-state index is 12.3. The molecule has 0 unspecified atom stereocenters. The topological polar surface area (TPSA) is 76.8 Å². The summed E-state index contributed by atoms with van der Waals surface area (Å²) in [5, 5.41) is 2.93. The lowest BCUT2D eigenvalue weighted by Gasteiger charge is -2.31. The molecular formula is C17H27N3O3. The van der Waals surface area contributed by atoms with Crippen LogP contribution in [-0.2, 0) is 16.1 Å². The first kappa shape index (κ1) is 17.7. The van der Waals surface area contributed by atoms with Crippen molar-refractivity contribution in [1.82, 2.24) is 10.2 Å². The van der Waals surface area contributed by atoms with Crippen molar-refractivity contribution >= 4 is 5.91 Å². The van der Waals surface area contributed by atoms with E-state index in [0.29, 0.717) is 39.2 Å². The number of nitrogens with two attached hydrogens (primary N) is 1. The fourth-order valence-corrected chi connectivity index (χ4v) is 2.41. The summed E-state index contributed by atoms with van der Waals surface area (Å²) in [6.07, 6.45) is 1.12. The summed E-state index contributed by atoms with van der Waals surface area (Å²) >= 11 is 0. The molecule has 0 spiro atoms. The Labute approximate surface area is 137 Å². The molecule has 1 heterocycles. The Morgan fingerprint density at radius 3 is 2.83 bits per heavy atom. The van der Waals surface area contributed by atoms with Gasteiger partial charge in [-0.2, -0.15) is 0 Å². The first-order valence-electron chi connectivity index (χ1n) is 8.01. The Balaban J connectivity index is 1.84. The second kappa shape index (κ2) is 8.29. The van der Waals surface area contributed by atoms with Gasteiger partial charge in [-0.1, -0.05) is 12.1 Å². The van der Waals surface area contributed by atoms with E-state index >= 15 is 0 Å². The fraction of sp³-hybridized carbons (Fsp3) is 0.588. The summed E-state index contributed by atoms with van der Waals surface area (Å²) in [4.78, 5) is 14.4. The van der Waals surface area contributed by atoms with Crippen molar-refractivity contribution in [3.8, 4) is 5.75 Å². The van der Waals surface area contributed by atoms with Gasteiger partial charge in [-0.05, 0) is 44.6 Å². The Morgan fingerprint density at radius 2 is 2.13 bits per heavy atom. The number of benzene rings is 1. The number of carbonyl (C=O) groups is 1. The largest absolute Gasteiger partial charge is 0.492 e. The van der Waals surface area contributed by atoms with Gasteiger partial charge in [0.15, 0.2) is 0 Å². The van der Waals surface area contributed by atoms with E-state index in [2.05, 4.69) is 10.2 Å². The normalized spacial score (nSPS) is 17.0. The summed E-state index contributed by atoms with van der Waals surface area (Å²) < 4.78 is 11.0. The van der Waals surface area contributed by atoms with Crippen molar-refractivity contribution < 1.29 is 14.3 Å². The maximum Gasteiger partial charge on any atom is 0.240 e. The summed E-state index contributed by atoms with van der Waals surface area (Å²) in [7, 11) is 4.02. The number of nitrogens with zero attached hydrogens (tertiary/aromatic N) is 1. The zero-order valence-corrected chi connectivity index (χ0v) is 14.0. The molecule has 1 aromatic carbocycles. The summed E-state index contributed by atoms with van der Waals surface area (Å²) in [6.45, 7) is 3.02. The molecule has 128 valence electrons. The average Bonchev–Trinajstić information content (AvgIpc) is 2.53. The van der Waals surface area contributed by atoms with Crippen molar-refractivity contribution in [2.75, 3.05) is 40.5 Å². The Bertz CT molecular complexity index is 514. The van der Waals surface area contributed by atoms with Gasteiger partial charge in [-0.15, -0.1) is 0 Å². The molecule has 1 saturated heterocycles. The molecule has 1 aliphatic heterocycles. The SMILES string of the molecule is CN(C)CCOc1cccc(CNC(=O)C2(N)CCOCC2)c1. The number of rotatable bonds is 7. The summed E-state index contributed by atoms with van der Waals surface area (Å²) in [5.41, 5.74) is 6.36. The molecule has 6 nitrogen and oxygen atoms in total. The lowest BCUT2D eigenvalue weighted by atomic mass is 9.90. The van der Waals surface area contributed by atoms with Crippen LogP contribution >= 0.6 is 0 Å². The minimum Gasteiger partial charge on any atom is -0.492 e. The molecule has 3 N–H and O–H groups in total. The molecule has 0 atom stereocenters. The average molecular weight is 321 g/mol. The first-order valence-corrected chi connectivity index (χ1v) is 8.01. The number of hydrogen-bond acceptors (Lipinski definition) is 5. The van der Waals surface area contributed by atoms with Gasteiger partial charge in [-0.3, -0.25) is 4.79 Å². The third-order valence-electron chi connectivity index (χ3n) is 4.00. The van der Waals surface area contributed by atoms with E-state index in [0.717, 1.165) is 17.9 Å². The van der Waals surface area contributed by atoms with Gasteiger partial charge in [0.25, 0.3) is 0 Å². The third-order valence-corrected chi connectivity index (χ3v) is 4.00. The van der Waals surface area contributed by atoms with Crippen LogP contribution in [0.3, 0.4) is 0 Å². The Kier molecular flexibility index (Phi) is 6.38. The van der Waals surface area contributed by atoms with Crippen LogP contribution in [0.15, 0.2) is 24.3 Å². The second-order valence-electron chi connectivity index (χ2n) is 6.25. The van der Waals surface area contributed by atoms with E-state index < -0.39 is 5.54 Å². The quantitative estimate of drug-likeness (QED) is 0.775. The molecule has 1 aliphatic rings. The fourth-order valence-electron chi connectivity index (χ4n) is 2.41. The highest BCUT2D eigenvalue weighted by Crippen LogP contribution is 2.18. The van der Waals surface area contributed by atoms with Crippen LogP contribution in [0.25, 0.3) is 0 Å². The number of nitrogens with one attached hydrogen (secondary N) is 1. The molecular weight excluding hydrogens is 294 g/mol. The van der Waals surface area contributed by atoms with Crippen molar-refractivity contribution in [2.24, 2.45) is 5.73 Å². The minimum absolute atomic E-state index is 0.111. The molecule has 1 aromatic rings. The van der Waals surface area contributed by atoms with Crippen LogP contribution in [0, 0.1) is 0 Å². The number of carbonyl (C=O) groups excluding carboxylic acids is 1. The molecule has 0 aromatic heterocycles. The third kappa shape index (κ3) is 5.49. The molecule has 23 heavy (non-hydrogen) atoms. The van der Waals surface area contributed by atoms with Gasteiger partial charge in [0, 0.05) is 26.3 Å². The van der Waals surface area contributed by atoms with E-state index in [1.54, 1.807) is 0 Å². The number of ether oxygens (including phenoxy) is 2. The lowest BCUT2D eigenvalue weighted by Crippen LogP contribution is -2.56. The van der Waals surface area contributed by atoms with Gasteiger partial charge < -0.3 is 25.4 Å². The smallest absolute Gasteiger partial charge is 0.240 e. The van der Waals surface area contributed by atoms with Crippen molar-refractivity contribution in [3.05, 3.63) is 29.8 Å². The van der Waals surface area contributed by atoms with Crippen molar-refractivity contribution in [2.45, 2.75) is 24.9 Å². The van der Waals surface area contributed by atoms with E-state index in [1.807, 2.05) is 38.4 Å². The first-order chi connectivity index (χ1) is 11.0. The number of likely N-dealkylation sites (N-methyl/N-ethyl adjacent to an activating group) is 1. The van der Waals surface area contributed by atoms with Crippen molar-refractivity contribution in [1.29, 1.82) is 0 Å². The maximum absolute atomic E-state index is 12.3. The molecule has 0 aliphatic carbocycles. The Morgan fingerprint density at radius 1 is 1.39 bits per heavy atom. The standard InChI is InChI=1S/C17H27N3O3/c1-20(2)8-11-23-15-5-3-4-14(12-15)13-19-16(21)17(18)6-9-22-10-7-17/h3-5,12H,6-11,13,18H2,1-2H3,(H,19,21). The van der Waals surface area contributed by atoms with Gasteiger partial charge in [0.05, 0.1) is 5.54 Å². The van der Waals surface area contributed by atoms with E-state index in [4.69, 9.17) is 15.2 Å². The highest BCUT2D eigenvalue weighted by Gasteiger charge is 2.35. The van der Waals surface area contributed by atoms with Crippen molar-refractivity contribution in [3.63, 3.8) is 0 Å². The van der Waals surface area contributed by atoms with Crippen LogP contribution in [0.4, 0.5) is 0 Å². The molecule has 0 radical (unpaired) electrons. The van der Waals surface area contributed by atoms with E-state index in [9.17, 15) is 4.79 Å². The summed E-state index contributed by atoms with van der Waals surface area (Å²) in [5.74, 6) is 0.701. The summed E-state index contributed by atoms with van der Waals surface area (Å²) in [6, 6.07) is 7.76. The number of amides is 1. The van der Waals surface area contributed by atoms with Crippen LogP contribution < -0.4 is 15.8 Å². The molecule has 0 saturated carbocycles. The predicted octanol–water partition coefficient (Wildman–Crippen LogP) is 0.751. The monoisotopic (exact) mass is 321 g/mol. The second-order valence-corrected chi connectivity index (χ2v) is 6.25. The molecule has 1 amide bonds. The predicted molar refractivity (Wildman–Crippen MR) is 89.3 cm³/mol. The molecule has 0 bridgehead atoms. The van der Waals surface area contributed by atoms with Crippen LogP contribution in [-0.4, -0.2) is 56.8 Å². The Hall–Kier alpha value is -1.63. The molecule has 1 fully saturated rings. The zero-order valence-electron chi connectivity index (χ0n) is 14.0. The highest BCUT2D eigenvalue weighted by atomic mass is 16.5. The van der Waals surface area contributed by atoms with Gasteiger partial charge in [0.2, 0.25) is 5.91 Å². The molecule has 6 heteroatoms. The van der Waals surface area contributed by atoms with Gasteiger partial charge >= 0.3 is 0 Å². The van der Waals surface area contributed by atoms with Crippen LogP contribution in [0.5, 0.6) is 5.75 Å². The molecule has 2 rings (SSSR count). The zero-order chi connectivity index (χ0) is 16.7. The lowest BCUT2D eigenvalue weighted by molar-refractivity contribution is -0.129. The number of hydrogen-bond donors (Lipinski definition) is 2. The van der Waals surface area contributed by atoms with Gasteiger partial charge in [-0.25, -0.2) is 0 Å². The van der Waals surface area contributed by atoms with Crippen LogP contribution in [0.2, 0.25) is 0 Å².